The molecular formula is C25H35N3O4. The van der Waals surface area contributed by atoms with E-state index >= 15 is 0 Å². The number of fused-ring (bicyclic) bond motifs is 1. The van der Waals surface area contributed by atoms with Gasteiger partial charge in [0.15, 0.2) is 0 Å². The number of likely N-dealkylation sites (N-methyl/N-ethyl adjacent to an activating group) is 1. The third kappa shape index (κ3) is 5.42. The lowest BCUT2D eigenvalue weighted by atomic mass is 9.84. The van der Waals surface area contributed by atoms with Crippen LogP contribution in [0.3, 0.4) is 0 Å². The van der Waals surface area contributed by atoms with Crippen molar-refractivity contribution in [2.24, 2.45) is 11.8 Å². The average molecular weight is 442 g/mol. The van der Waals surface area contributed by atoms with Gasteiger partial charge in [-0.25, -0.2) is 4.98 Å². The van der Waals surface area contributed by atoms with Gasteiger partial charge in [-0.2, -0.15) is 0 Å². The summed E-state index contributed by atoms with van der Waals surface area (Å²) < 4.78 is 6.25. The molecule has 0 saturated heterocycles. The van der Waals surface area contributed by atoms with Crippen LogP contribution in [0.2, 0.25) is 0 Å². The Morgan fingerprint density at radius 3 is 2.81 bits per heavy atom. The van der Waals surface area contributed by atoms with Crippen molar-refractivity contribution in [2.75, 3.05) is 26.7 Å². The van der Waals surface area contributed by atoms with Crippen LogP contribution in [0, 0.1) is 23.7 Å². The number of ether oxygens (including phenoxy) is 1. The summed E-state index contributed by atoms with van der Waals surface area (Å²) in [6.07, 6.45) is 6.05. The molecule has 174 valence electrons. The summed E-state index contributed by atoms with van der Waals surface area (Å²) in [4.78, 5) is 33.9. The SMILES string of the molecule is CCCC#Cc1cnc2c(c1)C(=O)N([C@H](C)CO)C[C@@H](C)[C@H](CN(C)C(=O)C1CCC1)O2. The molecule has 32 heavy (non-hydrogen) atoms. The van der Waals surface area contributed by atoms with Crippen molar-refractivity contribution in [2.45, 2.75) is 65.0 Å². The molecule has 1 aromatic rings. The molecule has 2 aliphatic rings. The second-order valence-electron chi connectivity index (χ2n) is 9.10. The molecule has 0 spiro atoms. The van der Waals surface area contributed by atoms with Crippen LogP contribution in [-0.2, 0) is 4.79 Å². The van der Waals surface area contributed by atoms with Gasteiger partial charge in [-0.05, 0) is 32.3 Å². The van der Waals surface area contributed by atoms with Crippen LogP contribution in [0.4, 0.5) is 0 Å². The van der Waals surface area contributed by atoms with Crippen LogP contribution in [0.5, 0.6) is 5.88 Å². The molecule has 1 aliphatic heterocycles. The Kier molecular flexibility index (Phi) is 8.14. The van der Waals surface area contributed by atoms with Gasteiger partial charge in [0.05, 0.1) is 19.2 Å². The van der Waals surface area contributed by atoms with Gasteiger partial charge in [0, 0.05) is 43.6 Å². The van der Waals surface area contributed by atoms with Crippen molar-refractivity contribution in [3.63, 3.8) is 0 Å². The van der Waals surface area contributed by atoms with E-state index in [0.717, 1.165) is 32.1 Å². The molecule has 0 aromatic carbocycles. The predicted octanol–water partition coefficient (Wildman–Crippen LogP) is 2.71. The number of pyridine rings is 1. The summed E-state index contributed by atoms with van der Waals surface area (Å²) in [6, 6.07) is 1.38. The summed E-state index contributed by atoms with van der Waals surface area (Å²) >= 11 is 0. The zero-order chi connectivity index (χ0) is 23.3. The highest BCUT2D eigenvalue weighted by Crippen LogP contribution is 2.30. The van der Waals surface area contributed by atoms with E-state index in [1.807, 2.05) is 20.9 Å². The molecule has 7 heteroatoms. The van der Waals surface area contributed by atoms with E-state index in [1.165, 1.54) is 0 Å². The molecule has 0 radical (unpaired) electrons. The number of aromatic nitrogens is 1. The van der Waals surface area contributed by atoms with Gasteiger partial charge in [-0.1, -0.05) is 32.1 Å². The standard InChI is InChI=1S/C25H35N3O4/c1-5-6-7-9-19-12-21-23(26-13-19)32-22(15-27(4)24(30)20-10-8-11-20)17(2)14-28(25(21)31)18(3)16-29/h12-13,17-18,20,22,29H,5-6,8,10-11,14-16H2,1-4H3/t17-,18-,22+/m1/s1. The molecule has 2 amide bonds. The molecular weight excluding hydrogens is 406 g/mol. The number of aliphatic hydroxyl groups excluding tert-OH is 1. The number of amides is 2. The summed E-state index contributed by atoms with van der Waals surface area (Å²) in [5, 5.41) is 9.76. The van der Waals surface area contributed by atoms with Crippen LogP contribution >= 0.6 is 0 Å². The lowest BCUT2D eigenvalue weighted by Gasteiger charge is -2.38. The monoisotopic (exact) mass is 441 g/mol. The molecule has 7 nitrogen and oxygen atoms in total. The van der Waals surface area contributed by atoms with Crippen molar-refractivity contribution >= 4 is 11.8 Å². The van der Waals surface area contributed by atoms with Gasteiger partial charge in [-0.15, -0.1) is 0 Å². The van der Waals surface area contributed by atoms with E-state index in [2.05, 4.69) is 23.7 Å². The third-order valence-corrected chi connectivity index (χ3v) is 6.41. The van der Waals surface area contributed by atoms with Crippen molar-refractivity contribution in [3.05, 3.63) is 23.4 Å². The van der Waals surface area contributed by atoms with Crippen LogP contribution in [0.15, 0.2) is 12.3 Å². The lowest BCUT2D eigenvalue weighted by molar-refractivity contribution is -0.138. The number of unbranched alkanes of at least 4 members (excludes halogenated alkanes) is 1. The van der Waals surface area contributed by atoms with E-state index < -0.39 is 0 Å². The molecule has 0 bridgehead atoms. The van der Waals surface area contributed by atoms with Gasteiger partial charge in [0.2, 0.25) is 11.8 Å². The van der Waals surface area contributed by atoms with Crippen molar-refractivity contribution in [1.29, 1.82) is 0 Å². The van der Waals surface area contributed by atoms with Gasteiger partial charge in [0.1, 0.15) is 11.7 Å². The highest BCUT2D eigenvalue weighted by molar-refractivity contribution is 5.97. The summed E-state index contributed by atoms with van der Waals surface area (Å²) in [5.41, 5.74) is 1.01. The maximum absolute atomic E-state index is 13.4. The quantitative estimate of drug-likeness (QED) is 0.687. The molecule has 1 aromatic heterocycles. The normalized spacial score (nSPS) is 21.8. The van der Waals surface area contributed by atoms with Crippen LogP contribution in [0.25, 0.3) is 0 Å². The minimum Gasteiger partial charge on any atom is -0.472 e. The molecule has 1 aliphatic carbocycles. The second kappa shape index (κ2) is 10.8. The zero-order valence-corrected chi connectivity index (χ0v) is 19.6. The number of hydrogen-bond acceptors (Lipinski definition) is 5. The van der Waals surface area contributed by atoms with Crippen molar-refractivity contribution in [3.8, 4) is 17.7 Å². The third-order valence-electron chi connectivity index (χ3n) is 6.41. The first kappa shape index (κ1) is 24.1. The minimum absolute atomic E-state index is 0.0523. The van der Waals surface area contributed by atoms with Crippen LogP contribution in [-0.4, -0.2) is 70.6 Å². The highest BCUT2D eigenvalue weighted by Gasteiger charge is 2.36. The van der Waals surface area contributed by atoms with Crippen LogP contribution < -0.4 is 4.74 Å². The number of rotatable bonds is 6. The first-order valence-electron chi connectivity index (χ1n) is 11.7. The molecule has 1 saturated carbocycles. The van der Waals surface area contributed by atoms with Gasteiger partial charge in [0.25, 0.3) is 5.91 Å². The van der Waals surface area contributed by atoms with E-state index in [-0.39, 0.29) is 48.3 Å². The number of carbonyl (C=O) groups is 2. The molecule has 1 fully saturated rings. The maximum atomic E-state index is 13.4. The fourth-order valence-corrected chi connectivity index (χ4v) is 4.00. The van der Waals surface area contributed by atoms with Gasteiger partial charge >= 0.3 is 0 Å². The Bertz CT molecular complexity index is 887. The predicted molar refractivity (Wildman–Crippen MR) is 122 cm³/mol. The largest absolute Gasteiger partial charge is 0.472 e. The molecule has 1 N–H and O–H groups in total. The maximum Gasteiger partial charge on any atom is 0.259 e. The second-order valence-corrected chi connectivity index (χ2v) is 9.10. The Morgan fingerprint density at radius 2 is 2.19 bits per heavy atom. The number of carbonyl (C=O) groups excluding carboxylic acids is 2. The summed E-state index contributed by atoms with van der Waals surface area (Å²) in [5.74, 6) is 6.39. The topological polar surface area (TPSA) is 83.0 Å². The first-order valence-corrected chi connectivity index (χ1v) is 11.7. The van der Waals surface area contributed by atoms with Crippen LogP contribution in [0.1, 0.15) is 68.8 Å². The Hall–Kier alpha value is -2.59. The van der Waals surface area contributed by atoms with Crippen molar-refractivity contribution in [1.82, 2.24) is 14.8 Å². The number of nitrogens with zero attached hydrogens (tertiary/aromatic N) is 3. The molecule has 0 unspecified atom stereocenters. The molecule has 2 heterocycles. The van der Waals surface area contributed by atoms with Gasteiger partial charge < -0.3 is 19.6 Å². The van der Waals surface area contributed by atoms with E-state index in [1.54, 1.807) is 22.1 Å². The Balaban J connectivity index is 1.91. The fraction of sp³-hybridized carbons (Fsp3) is 0.640. The first-order chi connectivity index (χ1) is 15.3. The highest BCUT2D eigenvalue weighted by atomic mass is 16.5. The van der Waals surface area contributed by atoms with E-state index in [4.69, 9.17) is 4.74 Å². The van der Waals surface area contributed by atoms with E-state index in [9.17, 15) is 14.7 Å². The fourth-order valence-electron chi connectivity index (χ4n) is 4.00. The summed E-state index contributed by atoms with van der Waals surface area (Å²) in [6.45, 7) is 6.60. The number of hydrogen-bond donors (Lipinski definition) is 1. The number of aliphatic hydroxyl groups is 1. The Labute approximate surface area is 191 Å². The average Bonchev–Trinajstić information content (AvgIpc) is 2.74. The van der Waals surface area contributed by atoms with Crippen molar-refractivity contribution < 1.29 is 19.4 Å². The van der Waals surface area contributed by atoms with Gasteiger partial charge in [-0.3, -0.25) is 9.59 Å². The Morgan fingerprint density at radius 1 is 1.44 bits per heavy atom. The smallest absolute Gasteiger partial charge is 0.259 e. The molecule has 3 atom stereocenters. The minimum atomic E-state index is -0.347. The van der Waals surface area contributed by atoms with E-state index in [0.29, 0.717) is 24.2 Å². The zero-order valence-electron chi connectivity index (χ0n) is 19.6. The summed E-state index contributed by atoms with van der Waals surface area (Å²) in [7, 11) is 1.82. The lowest BCUT2D eigenvalue weighted by Crippen LogP contribution is -2.51. The molecule has 3 rings (SSSR count).